The fraction of sp³-hybridized carbons (Fsp3) is 0.226. The maximum Gasteiger partial charge on any atom is 0.253 e. The van der Waals surface area contributed by atoms with E-state index in [-0.39, 0.29) is 35.7 Å². The summed E-state index contributed by atoms with van der Waals surface area (Å²) in [6.07, 6.45) is 4.25. The molecule has 0 atom stereocenters. The third-order valence-corrected chi connectivity index (χ3v) is 8.39. The molecule has 0 radical (unpaired) electrons. The molecule has 0 saturated heterocycles. The average Bonchev–Trinajstić information content (AvgIpc) is 3.30. The van der Waals surface area contributed by atoms with Gasteiger partial charge in [0.25, 0.3) is 5.91 Å². The summed E-state index contributed by atoms with van der Waals surface area (Å²) in [5, 5.41) is 12.8. The van der Waals surface area contributed by atoms with Gasteiger partial charge in [0.05, 0.1) is 31.0 Å². The standard InChI is InChI=1S/C31H31FN4O6S/c1-34(2)30(37)24-15-21(32)11-10-20(24)16-36-17-25-26(31(36)38)29(42-18-19-8-12-22(41-4)13-9-19)27-23(7-6-14-33-27)28(25)35(3)43(5,39)40/h6-15,17,38H,16,18H2,1-5H3. The number of aromatic hydroxyl groups is 1. The second-order valence-corrected chi connectivity index (χ2v) is 12.3. The van der Waals surface area contributed by atoms with Gasteiger partial charge in [-0.2, -0.15) is 0 Å². The molecule has 2 heterocycles. The molecule has 224 valence electrons. The molecule has 0 spiro atoms. The normalized spacial score (nSPS) is 11.6. The van der Waals surface area contributed by atoms with E-state index in [9.17, 15) is 22.7 Å². The van der Waals surface area contributed by atoms with Crippen LogP contribution in [0, 0.1) is 5.82 Å². The quantitative estimate of drug-likeness (QED) is 0.257. The number of ether oxygens (including phenoxy) is 2. The summed E-state index contributed by atoms with van der Waals surface area (Å²) < 4.78 is 53.9. The molecular formula is C31H31FN4O6S. The molecule has 0 bridgehead atoms. The fourth-order valence-electron chi connectivity index (χ4n) is 4.94. The van der Waals surface area contributed by atoms with Crippen LogP contribution >= 0.6 is 0 Å². The fourth-order valence-corrected chi connectivity index (χ4v) is 5.47. The van der Waals surface area contributed by atoms with E-state index in [1.165, 1.54) is 28.6 Å². The molecule has 5 rings (SSSR count). The molecule has 0 fully saturated rings. The van der Waals surface area contributed by atoms with Gasteiger partial charge in [0, 0.05) is 49.9 Å². The SMILES string of the molecule is COc1ccc(COc2c3ncccc3c(N(C)S(C)(=O)=O)c3cn(Cc4ccc(F)cc4C(=O)N(C)C)c(O)c23)cc1. The Hall–Kier alpha value is -4.84. The van der Waals surface area contributed by atoms with Gasteiger partial charge in [0.2, 0.25) is 15.9 Å². The number of hydrogen-bond donors (Lipinski definition) is 1. The van der Waals surface area contributed by atoms with Crippen molar-refractivity contribution in [1.29, 1.82) is 0 Å². The number of pyridine rings is 1. The summed E-state index contributed by atoms with van der Waals surface area (Å²) in [6.45, 7) is 0.107. The van der Waals surface area contributed by atoms with Gasteiger partial charge in [-0.3, -0.25) is 14.1 Å². The monoisotopic (exact) mass is 606 g/mol. The van der Waals surface area contributed by atoms with E-state index < -0.39 is 21.7 Å². The van der Waals surface area contributed by atoms with Gasteiger partial charge in [-0.05, 0) is 47.5 Å². The van der Waals surface area contributed by atoms with E-state index in [4.69, 9.17) is 9.47 Å². The van der Waals surface area contributed by atoms with Crippen LogP contribution in [-0.4, -0.2) is 68.4 Å². The van der Waals surface area contributed by atoms with Gasteiger partial charge in [0.15, 0.2) is 5.75 Å². The van der Waals surface area contributed by atoms with Crippen LogP contribution < -0.4 is 13.8 Å². The summed E-state index contributed by atoms with van der Waals surface area (Å²) >= 11 is 0. The molecule has 0 unspecified atom stereocenters. The van der Waals surface area contributed by atoms with Crippen LogP contribution in [0.4, 0.5) is 10.1 Å². The number of aromatic nitrogens is 2. The molecule has 10 nitrogen and oxygen atoms in total. The number of benzene rings is 3. The lowest BCUT2D eigenvalue weighted by atomic mass is 10.1. The first-order chi connectivity index (χ1) is 20.4. The van der Waals surface area contributed by atoms with E-state index in [1.54, 1.807) is 57.9 Å². The van der Waals surface area contributed by atoms with Gasteiger partial charge < -0.3 is 24.0 Å². The predicted molar refractivity (Wildman–Crippen MR) is 163 cm³/mol. The summed E-state index contributed by atoms with van der Waals surface area (Å²) in [5.41, 5.74) is 2.07. The van der Waals surface area contributed by atoms with Crippen molar-refractivity contribution in [3.63, 3.8) is 0 Å². The molecule has 0 aliphatic rings. The zero-order valence-electron chi connectivity index (χ0n) is 24.3. The molecule has 0 saturated carbocycles. The topological polar surface area (TPSA) is 114 Å². The van der Waals surface area contributed by atoms with Crippen LogP contribution in [0.3, 0.4) is 0 Å². The molecule has 1 amide bonds. The lowest BCUT2D eigenvalue weighted by Gasteiger charge is -2.21. The van der Waals surface area contributed by atoms with E-state index in [1.807, 2.05) is 12.1 Å². The largest absolute Gasteiger partial charge is 0.497 e. The molecular weight excluding hydrogens is 575 g/mol. The van der Waals surface area contributed by atoms with Crippen LogP contribution in [0.1, 0.15) is 21.5 Å². The number of anilines is 1. The highest BCUT2D eigenvalue weighted by Crippen LogP contribution is 2.47. The number of amides is 1. The molecule has 0 aliphatic carbocycles. The van der Waals surface area contributed by atoms with Crippen LogP contribution in [0.15, 0.2) is 67.0 Å². The number of carbonyl (C=O) groups excluding carboxylic acids is 1. The predicted octanol–water partition coefficient (Wildman–Crippen LogP) is 4.77. The van der Waals surface area contributed by atoms with Crippen molar-refractivity contribution < 1.29 is 32.2 Å². The van der Waals surface area contributed by atoms with Crippen molar-refractivity contribution in [2.45, 2.75) is 13.2 Å². The second-order valence-electron chi connectivity index (χ2n) is 10.3. The van der Waals surface area contributed by atoms with E-state index >= 15 is 0 Å². The minimum atomic E-state index is -3.74. The number of rotatable bonds is 9. The number of fused-ring (bicyclic) bond motifs is 2. The number of nitrogens with zero attached hydrogens (tertiary/aromatic N) is 4. The molecule has 1 N–H and O–H groups in total. The van der Waals surface area contributed by atoms with Gasteiger partial charge >= 0.3 is 0 Å². The molecule has 43 heavy (non-hydrogen) atoms. The van der Waals surface area contributed by atoms with Gasteiger partial charge in [-0.25, -0.2) is 12.8 Å². The number of methoxy groups -OCH3 is 1. The molecule has 3 aromatic carbocycles. The Balaban J connectivity index is 1.74. The first-order valence-electron chi connectivity index (χ1n) is 13.2. The highest BCUT2D eigenvalue weighted by atomic mass is 32.2. The zero-order valence-corrected chi connectivity index (χ0v) is 25.1. The Kier molecular flexibility index (Phi) is 7.89. The summed E-state index contributed by atoms with van der Waals surface area (Å²) in [4.78, 5) is 18.7. The third kappa shape index (κ3) is 5.65. The van der Waals surface area contributed by atoms with Crippen LogP contribution in [0.25, 0.3) is 21.7 Å². The highest BCUT2D eigenvalue weighted by Gasteiger charge is 2.27. The zero-order chi connectivity index (χ0) is 31.1. The van der Waals surface area contributed by atoms with Crippen molar-refractivity contribution in [3.8, 4) is 17.4 Å². The Labute approximate surface area is 248 Å². The maximum absolute atomic E-state index is 14.2. The number of carbonyl (C=O) groups is 1. The lowest BCUT2D eigenvalue weighted by Crippen LogP contribution is -2.25. The minimum Gasteiger partial charge on any atom is -0.497 e. The van der Waals surface area contributed by atoms with Crippen LogP contribution in [-0.2, 0) is 23.2 Å². The van der Waals surface area contributed by atoms with Gasteiger partial charge in [0.1, 0.15) is 23.7 Å². The van der Waals surface area contributed by atoms with Crippen molar-refractivity contribution in [1.82, 2.24) is 14.5 Å². The summed E-state index contributed by atoms with van der Waals surface area (Å²) in [5.74, 6) is -0.259. The van der Waals surface area contributed by atoms with Gasteiger partial charge in [-0.1, -0.05) is 18.2 Å². The van der Waals surface area contributed by atoms with E-state index in [2.05, 4.69) is 4.98 Å². The summed E-state index contributed by atoms with van der Waals surface area (Å²) in [7, 11) is 2.40. The Morgan fingerprint density at radius 3 is 2.44 bits per heavy atom. The average molecular weight is 607 g/mol. The van der Waals surface area contributed by atoms with E-state index in [0.29, 0.717) is 33.3 Å². The van der Waals surface area contributed by atoms with Crippen molar-refractivity contribution >= 4 is 43.3 Å². The first kappa shape index (κ1) is 29.6. The molecule has 12 heteroatoms. The van der Waals surface area contributed by atoms with Crippen LogP contribution in [0.2, 0.25) is 0 Å². The summed E-state index contributed by atoms with van der Waals surface area (Å²) in [6, 6.07) is 14.6. The van der Waals surface area contributed by atoms with E-state index in [0.717, 1.165) is 22.2 Å². The molecule has 2 aromatic heterocycles. The first-order valence-corrected chi connectivity index (χ1v) is 15.1. The lowest BCUT2D eigenvalue weighted by molar-refractivity contribution is 0.0826. The maximum atomic E-state index is 14.2. The number of sulfonamides is 1. The highest BCUT2D eigenvalue weighted by molar-refractivity contribution is 7.92. The van der Waals surface area contributed by atoms with Crippen LogP contribution in [0.5, 0.6) is 17.4 Å². The van der Waals surface area contributed by atoms with Gasteiger partial charge in [-0.15, -0.1) is 0 Å². The smallest absolute Gasteiger partial charge is 0.253 e. The Morgan fingerprint density at radius 2 is 1.79 bits per heavy atom. The third-order valence-electron chi connectivity index (χ3n) is 7.21. The Bertz CT molecular complexity index is 1960. The number of halogens is 1. The number of hydrogen-bond acceptors (Lipinski definition) is 7. The minimum absolute atomic E-state index is 0.0145. The second kappa shape index (κ2) is 11.4. The molecule has 5 aromatic rings. The van der Waals surface area contributed by atoms with Crippen molar-refractivity contribution in [2.75, 3.05) is 38.8 Å². The molecule has 0 aliphatic heterocycles. The van der Waals surface area contributed by atoms with Crippen molar-refractivity contribution in [2.24, 2.45) is 0 Å². The van der Waals surface area contributed by atoms with Crippen molar-refractivity contribution in [3.05, 3.63) is 89.5 Å². The Morgan fingerprint density at radius 1 is 1.07 bits per heavy atom.